The van der Waals surface area contributed by atoms with Crippen LogP contribution in [0.5, 0.6) is 0 Å². The van der Waals surface area contributed by atoms with Crippen LogP contribution in [0.2, 0.25) is 0 Å². The number of nitrogens with zero attached hydrogens (tertiary/aromatic N) is 1. The van der Waals surface area contributed by atoms with Gasteiger partial charge in [0.1, 0.15) is 0 Å². The molecule has 9 nitrogen and oxygen atoms in total. The zero-order chi connectivity index (χ0) is 18.7. The maximum atomic E-state index is 12.4. The topological polar surface area (TPSA) is 124 Å². The Morgan fingerprint density at radius 1 is 1.12 bits per heavy atom. The van der Waals surface area contributed by atoms with E-state index in [2.05, 4.69) is 15.5 Å². The number of methoxy groups -OCH3 is 1. The Morgan fingerprint density at radius 2 is 1.88 bits per heavy atom. The van der Waals surface area contributed by atoms with Crippen LogP contribution in [0.15, 0.2) is 29.1 Å². The van der Waals surface area contributed by atoms with Crippen molar-refractivity contribution in [2.45, 2.75) is 13.0 Å². The molecule has 1 aliphatic heterocycles. The summed E-state index contributed by atoms with van der Waals surface area (Å²) in [4.78, 5) is 49.2. The number of imide groups is 1. The van der Waals surface area contributed by atoms with Crippen molar-refractivity contribution in [3.8, 4) is 0 Å². The van der Waals surface area contributed by atoms with Crippen molar-refractivity contribution >= 4 is 17.7 Å². The molecule has 2 aromatic rings. The molecule has 3 N–H and O–H groups in total. The summed E-state index contributed by atoms with van der Waals surface area (Å²) in [7, 11) is 1.55. The maximum absolute atomic E-state index is 12.4. The second-order valence-electron chi connectivity index (χ2n) is 5.84. The van der Waals surface area contributed by atoms with Crippen molar-refractivity contribution in [3.63, 3.8) is 0 Å². The van der Waals surface area contributed by atoms with Gasteiger partial charge >= 0.3 is 0 Å². The van der Waals surface area contributed by atoms with Crippen molar-refractivity contribution in [3.05, 3.63) is 57.0 Å². The van der Waals surface area contributed by atoms with E-state index >= 15 is 0 Å². The summed E-state index contributed by atoms with van der Waals surface area (Å²) in [5, 5.41) is 7.65. The van der Waals surface area contributed by atoms with Crippen molar-refractivity contribution in [2.75, 3.05) is 20.3 Å². The summed E-state index contributed by atoms with van der Waals surface area (Å²) >= 11 is 0. The molecule has 0 fully saturated rings. The predicted molar refractivity (Wildman–Crippen MR) is 90.9 cm³/mol. The van der Waals surface area contributed by atoms with Gasteiger partial charge in [-0.05, 0) is 24.6 Å². The molecule has 26 heavy (non-hydrogen) atoms. The van der Waals surface area contributed by atoms with Crippen LogP contribution in [0, 0.1) is 0 Å². The lowest BCUT2D eigenvalue weighted by Crippen LogP contribution is -2.31. The van der Waals surface area contributed by atoms with Gasteiger partial charge in [-0.1, -0.05) is 0 Å². The van der Waals surface area contributed by atoms with Crippen LogP contribution in [-0.4, -0.2) is 53.1 Å². The average Bonchev–Trinajstić information content (AvgIpc) is 3.16. The lowest BCUT2D eigenvalue weighted by molar-refractivity contribution is 0.0638. The van der Waals surface area contributed by atoms with E-state index in [0.29, 0.717) is 24.3 Å². The van der Waals surface area contributed by atoms with Crippen LogP contribution in [0.3, 0.4) is 0 Å². The predicted octanol–water partition coefficient (Wildman–Crippen LogP) is 0.265. The van der Waals surface area contributed by atoms with Crippen LogP contribution in [0.25, 0.3) is 0 Å². The molecule has 3 amide bonds. The standard InChI is InChI=1S/C17H18N4O5/c1-26-6-2-5-21-16(24)12-4-3-10(7-13(12)17(21)25)15(23)18-9-11-8-14(22)20-19-11/h3-4,7-8H,2,5-6,9H2,1H3,(H,18,23)(H2,19,20,22). The Labute approximate surface area is 148 Å². The second-order valence-corrected chi connectivity index (χ2v) is 5.84. The number of nitrogens with one attached hydrogen (secondary N) is 3. The zero-order valence-electron chi connectivity index (χ0n) is 14.1. The van der Waals surface area contributed by atoms with Gasteiger partial charge in [-0.2, -0.15) is 0 Å². The molecule has 136 valence electrons. The van der Waals surface area contributed by atoms with Gasteiger partial charge in [-0.25, -0.2) is 0 Å². The zero-order valence-corrected chi connectivity index (χ0v) is 14.1. The summed E-state index contributed by atoms with van der Waals surface area (Å²) in [6.45, 7) is 0.843. The molecule has 0 saturated heterocycles. The van der Waals surface area contributed by atoms with Crippen LogP contribution in [0.4, 0.5) is 0 Å². The molecule has 2 heterocycles. The first-order valence-electron chi connectivity index (χ1n) is 8.05. The Bertz CT molecular complexity index is 914. The summed E-state index contributed by atoms with van der Waals surface area (Å²) < 4.78 is 4.94. The number of hydrogen-bond acceptors (Lipinski definition) is 5. The van der Waals surface area contributed by atoms with Gasteiger partial charge < -0.3 is 15.2 Å². The van der Waals surface area contributed by atoms with Crippen molar-refractivity contribution in [1.82, 2.24) is 20.4 Å². The number of hydrogen-bond donors (Lipinski definition) is 3. The summed E-state index contributed by atoms with van der Waals surface area (Å²) in [5.74, 6) is -1.18. The molecule has 9 heteroatoms. The first kappa shape index (κ1) is 17.6. The molecule has 1 aliphatic rings. The third-order valence-corrected chi connectivity index (χ3v) is 4.05. The fourth-order valence-corrected chi connectivity index (χ4v) is 2.75. The van der Waals surface area contributed by atoms with Gasteiger partial charge in [0.25, 0.3) is 23.3 Å². The SMILES string of the molecule is COCCCN1C(=O)c2ccc(C(=O)NCc3cc(=O)[nH][nH]3)cc2C1=O. The number of carbonyl (C=O) groups excluding carboxylic acids is 3. The van der Waals surface area contributed by atoms with Crippen LogP contribution in [0.1, 0.15) is 43.2 Å². The number of ether oxygens (including phenoxy) is 1. The fraction of sp³-hybridized carbons (Fsp3) is 0.294. The normalized spacial score (nSPS) is 13.2. The van der Waals surface area contributed by atoms with Crippen LogP contribution in [-0.2, 0) is 11.3 Å². The maximum Gasteiger partial charge on any atom is 0.264 e. The number of rotatable bonds is 7. The van der Waals surface area contributed by atoms with Gasteiger partial charge in [0.15, 0.2) is 0 Å². The minimum Gasteiger partial charge on any atom is -0.385 e. The number of fused-ring (bicyclic) bond motifs is 1. The average molecular weight is 358 g/mol. The molecule has 0 aliphatic carbocycles. The van der Waals surface area contributed by atoms with E-state index in [1.54, 1.807) is 7.11 Å². The number of aromatic nitrogens is 2. The van der Waals surface area contributed by atoms with Crippen LogP contribution >= 0.6 is 0 Å². The number of aromatic amines is 2. The van der Waals surface area contributed by atoms with Gasteiger partial charge in [-0.15, -0.1) is 0 Å². The third-order valence-electron chi connectivity index (χ3n) is 4.05. The highest BCUT2D eigenvalue weighted by atomic mass is 16.5. The highest BCUT2D eigenvalue weighted by Gasteiger charge is 2.35. The lowest BCUT2D eigenvalue weighted by Gasteiger charge is -2.12. The van der Waals surface area contributed by atoms with Crippen molar-refractivity contribution < 1.29 is 19.1 Å². The van der Waals surface area contributed by atoms with Crippen molar-refractivity contribution in [2.24, 2.45) is 0 Å². The molecule has 0 unspecified atom stereocenters. The van der Waals surface area contributed by atoms with E-state index in [1.807, 2.05) is 0 Å². The minimum absolute atomic E-state index is 0.130. The third kappa shape index (κ3) is 3.42. The number of amides is 3. The summed E-state index contributed by atoms with van der Waals surface area (Å²) in [5.41, 5.74) is 1.01. The highest BCUT2D eigenvalue weighted by molar-refractivity contribution is 6.22. The largest absolute Gasteiger partial charge is 0.385 e. The second kappa shape index (κ2) is 7.36. The molecular formula is C17H18N4O5. The Hall–Kier alpha value is -3.20. The molecule has 3 rings (SSSR count). The van der Waals surface area contributed by atoms with E-state index in [1.165, 1.54) is 24.3 Å². The molecule has 0 spiro atoms. The lowest BCUT2D eigenvalue weighted by atomic mass is 10.1. The summed E-state index contributed by atoms with van der Waals surface area (Å²) in [6, 6.07) is 5.74. The van der Waals surface area contributed by atoms with E-state index in [-0.39, 0.29) is 35.7 Å². The quantitative estimate of drug-likeness (QED) is 0.484. The Balaban J connectivity index is 1.71. The van der Waals surface area contributed by atoms with E-state index in [0.717, 1.165) is 4.90 Å². The van der Waals surface area contributed by atoms with Crippen LogP contribution < -0.4 is 10.9 Å². The monoisotopic (exact) mass is 358 g/mol. The fourth-order valence-electron chi connectivity index (χ4n) is 2.75. The van der Waals surface area contributed by atoms with E-state index in [9.17, 15) is 19.2 Å². The Kier molecular flexibility index (Phi) is 4.99. The van der Waals surface area contributed by atoms with E-state index < -0.39 is 11.8 Å². The first-order chi connectivity index (χ1) is 12.5. The first-order valence-corrected chi connectivity index (χ1v) is 8.05. The van der Waals surface area contributed by atoms with Gasteiger partial charge in [0.05, 0.1) is 23.4 Å². The van der Waals surface area contributed by atoms with Crippen molar-refractivity contribution in [1.29, 1.82) is 0 Å². The molecule has 0 bridgehead atoms. The molecular weight excluding hydrogens is 340 g/mol. The molecule has 0 saturated carbocycles. The molecule has 1 aromatic heterocycles. The van der Waals surface area contributed by atoms with Gasteiger partial charge in [-0.3, -0.25) is 29.2 Å². The molecule has 1 aromatic carbocycles. The number of benzene rings is 1. The van der Waals surface area contributed by atoms with Gasteiger partial charge in [0.2, 0.25) is 0 Å². The van der Waals surface area contributed by atoms with Gasteiger partial charge in [0, 0.05) is 31.9 Å². The molecule has 0 radical (unpaired) electrons. The van der Waals surface area contributed by atoms with E-state index in [4.69, 9.17) is 4.74 Å². The number of H-pyrrole nitrogens is 2. The Morgan fingerprint density at radius 3 is 2.58 bits per heavy atom. The smallest absolute Gasteiger partial charge is 0.264 e. The molecule has 0 atom stereocenters. The number of carbonyl (C=O) groups is 3. The highest BCUT2D eigenvalue weighted by Crippen LogP contribution is 2.24. The summed E-state index contributed by atoms with van der Waals surface area (Å²) in [6.07, 6.45) is 0.546. The minimum atomic E-state index is -0.411.